The topological polar surface area (TPSA) is 50.2 Å². The van der Waals surface area contributed by atoms with Gasteiger partial charge in [-0.2, -0.15) is 0 Å². The molecule has 3 rings (SSSR count). The maximum atomic E-state index is 13.0. The van der Waals surface area contributed by atoms with E-state index in [2.05, 4.69) is 26.2 Å². The highest BCUT2D eigenvalue weighted by Gasteiger charge is 2.33. The molecule has 2 atom stereocenters. The first-order chi connectivity index (χ1) is 10.6. The van der Waals surface area contributed by atoms with Crippen LogP contribution < -0.4 is 5.32 Å². The van der Waals surface area contributed by atoms with E-state index in [-0.39, 0.29) is 30.3 Å². The molecule has 126 valence electrons. The lowest BCUT2D eigenvalue weighted by atomic mass is 10.1. The Kier molecular flexibility index (Phi) is 6.25. The molecule has 1 fully saturated rings. The predicted octanol–water partition coefficient (Wildman–Crippen LogP) is 2.94. The van der Waals surface area contributed by atoms with Gasteiger partial charge in [0.2, 0.25) is 5.91 Å². The van der Waals surface area contributed by atoms with Crippen LogP contribution in [0.15, 0.2) is 28.3 Å². The van der Waals surface area contributed by atoms with Gasteiger partial charge in [-0.1, -0.05) is 0 Å². The molecule has 23 heavy (non-hydrogen) atoms. The molecule has 0 bridgehead atoms. The molecule has 3 heterocycles. The zero-order valence-electron chi connectivity index (χ0n) is 13.0. The number of hydrogen-bond acceptors (Lipinski definition) is 4. The fourth-order valence-electron chi connectivity index (χ4n) is 2.83. The standard InChI is InChI=1S/C15H19BrN4OS.ClH/c1-10(12-3-4-13(16)22-12)15(21)20-8-5-17-9-11(20)14-18-6-7-19(14)2;/h3-4,6-7,10-11,17H,5,8-9H2,1-2H3;1H. The molecule has 2 unspecified atom stereocenters. The molecule has 0 spiro atoms. The van der Waals surface area contributed by atoms with E-state index in [1.165, 1.54) is 0 Å². The van der Waals surface area contributed by atoms with Crippen LogP contribution in [-0.4, -0.2) is 40.0 Å². The number of hydrogen-bond donors (Lipinski definition) is 1. The van der Waals surface area contributed by atoms with Crippen LogP contribution in [-0.2, 0) is 11.8 Å². The summed E-state index contributed by atoms with van der Waals surface area (Å²) in [5, 5.41) is 3.37. The number of imidazole rings is 1. The van der Waals surface area contributed by atoms with Gasteiger partial charge in [-0.05, 0) is 35.0 Å². The van der Waals surface area contributed by atoms with Crippen molar-refractivity contribution in [2.24, 2.45) is 7.05 Å². The van der Waals surface area contributed by atoms with Gasteiger partial charge < -0.3 is 14.8 Å². The van der Waals surface area contributed by atoms with Crippen LogP contribution in [0.3, 0.4) is 0 Å². The Balaban J connectivity index is 0.00000192. The number of carbonyl (C=O) groups excluding carboxylic acids is 1. The minimum atomic E-state index is -0.128. The lowest BCUT2D eigenvalue weighted by molar-refractivity contribution is -0.136. The van der Waals surface area contributed by atoms with Crippen LogP contribution in [0.1, 0.15) is 29.6 Å². The second kappa shape index (κ2) is 7.79. The second-order valence-electron chi connectivity index (χ2n) is 5.51. The van der Waals surface area contributed by atoms with Gasteiger partial charge in [0.15, 0.2) is 0 Å². The Morgan fingerprint density at radius 1 is 1.52 bits per heavy atom. The fraction of sp³-hybridized carbons (Fsp3) is 0.467. The molecule has 0 aliphatic carbocycles. The average molecular weight is 420 g/mol. The fourth-order valence-corrected chi connectivity index (χ4v) is 4.30. The lowest BCUT2D eigenvalue weighted by Gasteiger charge is -2.37. The molecule has 1 N–H and O–H groups in total. The second-order valence-corrected chi connectivity index (χ2v) is 8.01. The molecule has 2 aromatic heterocycles. The van der Waals surface area contributed by atoms with Crippen LogP contribution in [0, 0.1) is 0 Å². The van der Waals surface area contributed by atoms with E-state index in [4.69, 9.17) is 0 Å². The van der Waals surface area contributed by atoms with Crippen LogP contribution in [0.25, 0.3) is 0 Å². The number of aromatic nitrogens is 2. The van der Waals surface area contributed by atoms with Crippen molar-refractivity contribution in [2.45, 2.75) is 18.9 Å². The molecule has 8 heteroatoms. The largest absolute Gasteiger partial charge is 0.336 e. The Morgan fingerprint density at radius 2 is 2.30 bits per heavy atom. The summed E-state index contributed by atoms with van der Waals surface area (Å²) in [5.74, 6) is 0.973. The molecular formula is C15H20BrClN4OS. The maximum absolute atomic E-state index is 13.0. The van der Waals surface area contributed by atoms with Gasteiger partial charge in [0, 0.05) is 44.0 Å². The number of nitrogens with zero attached hydrogens (tertiary/aromatic N) is 3. The first-order valence-corrected chi connectivity index (χ1v) is 8.92. The zero-order valence-corrected chi connectivity index (χ0v) is 16.2. The van der Waals surface area contributed by atoms with Crippen molar-refractivity contribution >= 4 is 45.6 Å². The van der Waals surface area contributed by atoms with Gasteiger partial charge in [-0.25, -0.2) is 4.98 Å². The van der Waals surface area contributed by atoms with Gasteiger partial charge in [-0.3, -0.25) is 4.79 Å². The maximum Gasteiger partial charge on any atom is 0.231 e. The summed E-state index contributed by atoms with van der Waals surface area (Å²) < 4.78 is 3.05. The highest BCUT2D eigenvalue weighted by Crippen LogP contribution is 2.31. The number of aryl methyl sites for hydroxylation is 1. The van der Waals surface area contributed by atoms with E-state index in [9.17, 15) is 4.79 Å². The number of piperazine rings is 1. The average Bonchev–Trinajstić information content (AvgIpc) is 3.14. The Bertz CT molecular complexity index is 674. The molecule has 0 saturated carbocycles. The van der Waals surface area contributed by atoms with Crippen LogP contribution in [0.4, 0.5) is 0 Å². The molecule has 1 amide bonds. The molecule has 1 aliphatic rings. The summed E-state index contributed by atoms with van der Waals surface area (Å²) in [5.41, 5.74) is 0. The van der Waals surface area contributed by atoms with Crippen molar-refractivity contribution in [1.29, 1.82) is 0 Å². The zero-order chi connectivity index (χ0) is 15.7. The molecule has 5 nitrogen and oxygen atoms in total. The highest BCUT2D eigenvalue weighted by molar-refractivity contribution is 9.11. The Labute approximate surface area is 154 Å². The van der Waals surface area contributed by atoms with E-state index in [0.29, 0.717) is 6.54 Å². The van der Waals surface area contributed by atoms with Gasteiger partial charge >= 0.3 is 0 Å². The van der Waals surface area contributed by atoms with Crippen molar-refractivity contribution in [3.05, 3.63) is 39.0 Å². The van der Waals surface area contributed by atoms with E-state index in [1.54, 1.807) is 17.5 Å². The van der Waals surface area contributed by atoms with Crippen molar-refractivity contribution < 1.29 is 4.79 Å². The molecular weight excluding hydrogens is 400 g/mol. The lowest BCUT2D eigenvalue weighted by Crippen LogP contribution is -2.50. The summed E-state index contributed by atoms with van der Waals surface area (Å²) in [6.07, 6.45) is 3.71. The Hall–Kier alpha value is -0.890. The van der Waals surface area contributed by atoms with Gasteiger partial charge in [-0.15, -0.1) is 23.7 Å². The normalized spacial score (nSPS) is 19.3. The van der Waals surface area contributed by atoms with Crippen molar-refractivity contribution in [3.8, 4) is 0 Å². The van der Waals surface area contributed by atoms with E-state index >= 15 is 0 Å². The van der Waals surface area contributed by atoms with Gasteiger partial charge in [0.25, 0.3) is 0 Å². The summed E-state index contributed by atoms with van der Waals surface area (Å²) >= 11 is 5.09. The minimum Gasteiger partial charge on any atom is -0.336 e. The quantitative estimate of drug-likeness (QED) is 0.832. The summed E-state index contributed by atoms with van der Waals surface area (Å²) in [4.78, 5) is 20.5. The van der Waals surface area contributed by atoms with Gasteiger partial charge in [0.1, 0.15) is 11.9 Å². The number of thiophene rings is 1. The first kappa shape index (κ1) is 18.4. The molecule has 1 saturated heterocycles. The first-order valence-electron chi connectivity index (χ1n) is 7.31. The predicted molar refractivity (Wildman–Crippen MR) is 98.2 cm³/mol. The third-order valence-electron chi connectivity index (χ3n) is 4.07. The summed E-state index contributed by atoms with van der Waals surface area (Å²) in [6, 6.07) is 4.01. The van der Waals surface area contributed by atoms with E-state index in [0.717, 1.165) is 27.6 Å². The summed E-state index contributed by atoms with van der Waals surface area (Å²) in [6.45, 7) is 4.27. The molecule has 2 aromatic rings. The van der Waals surface area contributed by atoms with Crippen LogP contribution in [0.2, 0.25) is 0 Å². The number of amides is 1. The van der Waals surface area contributed by atoms with E-state index in [1.807, 2.05) is 41.8 Å². The van der Waals surface area contributed by atoms with E-state index < -0.39 is 0 Å². The van der Waals surface area contributed by atoms with Crippen LogP contribution >= 0.6 is 39.7 Å². The smallest absolute Gasteiger partial charge is 0.231 e. The number of halogens is 2. The molecule has 0 radical (unpaired) electrons. The van der Waals surface area contributed by atoms with Gasteiger partial charge in [0.05, 0.1) is 9.70 Å². The number of rotatable bonds is 3. The van der Waals surface area contributed by atoms with Crippen molar-refractivity contribution in [2.75, 3.05) is 19.6 Å². The van der Waals surface area contributed by atoms with Crippen molar-refractivity contribution in [1.82, 2.24) is 19.8 Å². The molecule has 0 aromatic carbocycles. The molecule has 1 aliphatic heterocycles. The Morgan fingerprint density at radius 3 is 2.91 bits per heavy atom. The van der Waals surface area contributed by atoms with Crippen LogP contribution in [0.5, 0.6) is 0 Å². The highest BCUT2D eigenvalue weighted by atomic mass is 79.9. The summed E-state index contributed by atoms with van der Waals surface area (Å²) in [7, 11) is 1.97. The minimum absolute atomic E-state index is 0. The number of carbonyl (C=O) groups is 1. The monoisotopic (exact) mass is 418 g/mol. The third kappa shape index (κ3) is 3.79. The number of nitrogens with one attached hydrogen (secondary N) is 1. The van der Waals surface area contributed by atoms with Crippen molar-refractivity contribution in [3.63, 3.8) is 0 Å². The SMILES string of the molecule is CC(C(=O)N1CCNCC1c1nccn1C)c1ccc(Br)s1.Cl. The third-order valence-corrected chi connectivity index (χ3v) is 5.88.